The number of hydrogen-bond acceptors (Lipinski definition) is 9. The largest absolute Gasteiger partial charge is 0.513 e. The number of nitro groups is 1. The summed E-state index contributed by atoms with van der Waals surface area (Å²) in [6.07, 6.45) is 0.328. The number of nitrogens with one attached hydrogen (secondary N) is 1. The van der Waals surface area contributed by atoms with Crippen molar-refractivity contribution in [3.63, 3.8) is 0 Å². The highest BCUT2D eigenvalue weighted by Crippen LogP contribution is 2.46. The molecule has 0 saturated heterocycles. The van der Waals surface area contributed by atoms with Crippen molar-refractivity contribution in [1.82, 2.24) is 5.09 Å². The van der Waals surface area contributed by atoms with Crippen LogP contribution in [0, 0.1) is 10.1 Å². The summed E-state index contributed by atoms with van der Waals surface area (Å²) in [4.78, 5) is 34.2. The standard InChI is InChI=1S/C22H27N2O9P/c1-4-30-21(25)15-10-17-8-6-7-9-20(17)33-34(29,23-16(3)22(26)31-5-2)32-19-13-11-18(12-14-19)24(27)28/h6-9,11-14,16H,4-5,10,15H2,1-3H3,(H,23,29). The normalized spacial score (nSPS) is 13.3. The summed E-state index contributed by atoms with van der Waals surface area (Å²) in [7, 11) is -4.26. The molecule has 2 atom stereocenters. The number of nitrogens with zero attached hydrogens (tertiary/aromatic N) is 1. The van der Waals surface area contributed by atoms with Crippen LogP contribution in [0.5, 0.6) is 11.5 Å². The molecule has 0 fully saturated rings. The van der Waals surface area contributed by atoms with Crippen LogP contribution in [0.1, 0.15) is 32.8 Å². The summed E-state index contributed by atoms with van der Waals surface area (Å²) in [5, 5.41) is 13.4. The number of carbonyl (C=O) groups excluding carboxylic acids is 2. The van der Waals surface area contributed by atoms with Crippen LogP contribution in [0.15, 0.2) is 48.5 Å². The predicted molar refractivity (Wildman–Crippen MR) is 123 cm³/mol. The van der Waals surface area contributed by atoms with Crippen molar-refractivity contribution in [2.75, 3.05) is 13.2 Å². The number of para-hydroxylation sites is 1. The van der Waals surface area contributed by atoms with Crippen molar-refractivity contribution in [3.8, 4) is 11.5 Å². The van der Waals surface area contributed by atoms with Crippen LogP contribution in [0.4, 0.5) is 5.69 Å². The van der Waals surface area contributed by atoms with Crippen LogP contribution >= 0.6 is 7.75 Å². The number of benzene rings is 2. The molecule has 11 nitrogen and oxygen atoms in total. The lowest BCUT2D eigenvalue weighted by atomic mass is 10.1. The Morgan fingerprint density at radius 2 is 1.68 bits per heavy atom. The molecule has 0 amide bonds. The molecule has 0 heterocycles. The molecule has 184 valence electrons. The van der Waals surface area contributed by atoms with Crippen molar-refractivity contribution in [2.24, 2.45) is 0 Å². The number of carbonyl (C=O) groups is 2. The van der Waals surface area contributed by atoms with Crippen LogP contribution in [0.2, 0.25) is 0 Å². The fourth-order valence-electron chi connectivity index (χ4n) is 2.79. The highest BCUT2D eigenvalue weighted by Gasteiger charge is 2.34. The maximum absolute atomic E-state index is 13.7. The lowest BCUT2D eigenvalue weighted by Crippen LogP contribution is -2.35. The topological polar surface area (TPSA) is 143 Å². The first-order valence-corrected chi connectivity index (χ1v) is 12.1. The van der Waals surface area contributed by atoms with Gasteiger partial charge in [0.2, 0.25) is 0 Å². The highest BCUT2D eigenvalue weighted by molar-refractivity contribution is 7.52. The van der Waals surface area contributed by atoms with Gasteiger partial charge in [-0.05, 0) is 51.0 Å². The molecule has 0 aliphatic rings. The van der Waals surface area contributed by atoms with Crippen molar-refractivity contribution in [1.29, 1.82) is 0 Å². The van der Waals surface area contributed by atoms with Crippen molar-refractivity contribution >= 4 is 25.4 Å². The Bertz CT molecular complexity index is 1040. The average molecular weight is 494 g/mol. The second-order valence-corrected chi connectivity index (χ2v) is 8.56. The molecule has 0 aliphatic heterocycles. The van der Waals surface area contributed by atoms with E-state index in [1.165, 1.54) is 31.2 Å². The Hall–Kier alpha value is -3.43. The van der Waals surface area contributed by atoms with E-state index in [4.69, 9.17) is 18.5 Å². The fraction of sp³-hybridized carbons (Fsp3) is 0.364. The predicted octanol–water partition coefficient (Wildman–Crippen LogP) is 4.20. The van der Waals surface area contributed by atoms with Crippen LogP contribution in [-0.4, -0.2) is 36.1 Å². The Morgan fingerprint density at radius 3 is 2.29 bits per heavy atom. The Balaban J connectivity index is 2.31. The van der Waals surface area contributed by atoms with Gasteiger partial charge in [0.15, 0.2) is 0 Å². The van der Waals surface area contributed by atoms with Gasteiger partial charge in [-0.1, -0.05) is 18.2 Å². The molecule has 0 bridgehead atoms. The molecule has 0 aliphatic carbocycles. The van der Waals surface area contributed by atoms with Crippen LogP contribution in [0.25, 0.3) is 0 Å². The lowest BCUT2D eigenvalue weighted by molar-refractivity contribution is -0.384. The first-order valence-electron chi connectivity index (χ1n) is 10.6. The minimum Gasteiger partial charge on any atom is -0.466 e. The van der Waals surface area contributed by atoms with Gasteiger partial charge in [0.25, 0.3) is 5.69 Å². The van der Waals surface area contributed by atoms with Gasteiger partial charge in [-0.2, -0.15) is 5.09 Å². The van der Waals surface area contributed by atoms with Gasteiger partial charge >= 0.3 is 19.7 Å². The minimum atomic E-state index is -4.26. The number of aryl methyl sites for hydroxylation is 1. The van der Waals surface area contributed by atoms with Gasteiger partial charge in [-0.3, -0.25) is 19.7 Å². The van der Waals surface area contributed by atoms with E-state index in [0.717, 1.165) is 0 Å². The van der Waals surface area contributed by atoms with Crippen molar-refractivity contribution < 1.29 is 37.6 Å². The molecule has 2 aromatic rings. The first kappa shape index (κ1) is 26.8. The quantitative estimate of drug-likeness (QED) is 0.186. The maximum Gasteiger partial charge on any atom is 0.513 e. The third kappa shape index (κ3) is 8.17. The lowest BCUT2D eigenvalue weighted by Gasteiger charge is -2.24. The first-order chi connectivity index (χ1) is 16.2. The Kier molecular flexibility index (Phi) is 10.0. The zero-order valence-corrected chi connectivity index (χ0v) is 20.0. The molecule has 12 heteroatoms. The molecule has 2 unspecified atom stereocenters. The molecule has 34 heavy (non-hydrogen) atoms. The Morgan fingerprint density at radius 1 is 1.03 bits per heavy atom. The van der Waals surface area contributed by atoms with E-state index in [-0.39, 0.29) is 43.2 Å². The molecule has 2 rings (SSSR count). The molecular formula is C22H27N2O9P. The van der Waals surface area contributed by atoms with E-state index in [1.807, 2.05) is 0 Å². The van der Waals surface area contributed by atoms with E-state index >= 15 is 0 Å². The van der Waals surface area contributed by atoms with E-state index in [2.05, 4.69) is 5.09 Å². The van der Waals surface area contributed by atoms with E-state index in [9.17, 15) is 24.3 Å². The number of nitro benzene ring substituents is 1. The summed E-state index contributed by atoms with van der Waals surface area (Å²) in [6.45, 7) is 5.14. The second-order valence-electron chi connectivity index (χ2n) is 6.95. The zero-order valence-electron chi connectivity index (χ0n) is 19.1. The van der Waals surface area contributed by atoms with Crippen LogP contribution in [0.3, 0.4) is 0 Å². The summed E-state index contributed by atoms with van der Waals surface area (Å²) in [5.41, 5.74) is 0.383. The van der Waals surface area contributed by atoms with Gasteiger partial charge in [-0.25, -0.2) is 4.57 Å². The summed E-state index contributed by atoms with van der Waals surface area (Å²) >= 11 is 0. The van der Waals surface area contributed by atoms with Gasteiger partial charge in [0, 0.05) is 18.6 Å². The van der Waals surface area contributed by atoms with Crippen LogP contribution < -0.4 is 14.1 Å². The smallest absolute Gasteiger partial charge is 0.466 e. The maximum atomic E-state index is 13.7. The molecule has 0 aromatic heterocycles. The molecule has 2 aromatic carbocycles. The average Bonchev–Trinajstić information content (AvgIpc) is 2.79. The van der Waals surface area contributed by atoms with Gasteiger partial charge in [0.1, 0.15) is 17.5 Å². The Labute approximate surface area is 197 Å². The molecular weight excluding hydrogens is 467 g/mol. The summed E-state index contributed by atoms with van der Waals surface area (Å²) < 4.78 is 34.9. The third-order valence-electron chi connectivity index (χ3n) is 4.36. The zero-order chi connectivity index (χ0) is 25.1. The van der Waals surface area contributed by atoms with Crippen molar-refractivity contribution in [3.05, 3.63) is 64.2 Å². The van der Waals surface area contributed by atoms with Crippen LogP contribution in [-0.2, 0) is 30.0 Å². The second kappa shape index (κ2) is 12.7. The molecule has 0 radical (unpaired) electrons. The molecule has 1 N–H and O–H groups in total. The monoisotopic (exact) mass is 494 g/mol. The SMILES string of the molecule is CCOC(=O)CCc1ccccc1OP(=O)(NC(C)C(=O)OCC)Oc1ccc([N+](=O)[O-])cc1. The van der Waals surface area contributed by atoms with E-state index < -0.39 is 30.7 Å². The number of esters is 2. The fourth-order valence-corrected chi connectivity index (χ4v) is 4.35. The van der Waals surface area contributed by atoms with Gasteiger partial charge in [0.05, 0.1) is 18.1 Å². The van der Waals surface area contributed by atoms with E-state index in [0.29, 0.717) is 5.56 Å². The number of non-ortho nitro benzene ring substituents is 1. The summed E-state index contributed by atoms with van der Waals surface area (Å²) in [5.74, 6) is -0.881. The van der Waals surface area contributed by atoms with Crippen molar-refractivity contribution in [2.45, 2.75) is 39.7 Å². The third-order valence-corrected chi connectivity index (χ3v) is 5.95. The summed E-state index contributed by atoms with van der Waals surface area (Å²) in [6, 6.07) is 10.4. The molecule has 0 saturated carbocycles. The number of hydrogen-bond donors (Lipinski definition) is 1. The highest BCUT2D eigenvalue weighted by atomic mass is 31.2. The number of ether oxygens (including phenoxy) is 2. The van der Waals surface area contributed by atoms with E-state index in [1.54, 1.807) is 38.1 Å². The van der Waals surface area contributed by atoms with Gasteiger partial charge < -0.3 is 18.5 Å². The minimum absolute atomic E-state index is 0.0153. The molecule has 0 spiro atoms. The van der Waals surface area contributed by atoms with Gasteiger partial charge in [-0.15, -0.1) is 0 Å². The number of rotatable bonds is 13.